The molecule has 0 radical (unpaired) electrons. The number of hydrogen-bond donors (Lipinski definition) is 2. The van der Waals surface area contributed by atoms with E-state index in [1.165, 1.54) is 12.1 Å². The molecule has 1 rings (SSSR count). The molecule has 0 saturated heterocycles. The standard InChI is InChI=1S/C10H12ClFN2/c1-2-9(14-13)5-7-3-4-8(12)6-10(7)11/h2-4,6,9,14H,1,5,13H2. The predicted octanol–water partition coefficient (Wildman–Crippen LogP) is 2.04. The topological polar surface area (TPSA) is 38.0 Å². The van der Waals surface area contributed by atoms with Crippen LogP contribution in [0.15, 0.2) is 30.9 Å². The Morgan fingerprint density at radius 2 is 2.36 bits per heavy atom. The van der Waals surface area contributed by atoms with Crippen molar-refractivity contribution in [3.63, 3.8) is 0 Å². The van der Waals surface area contributed by atoms with Gasteiger partial charge in [0.15, 0.2) is 0 Å². The van der Waals surface area contributed by atoms with E-state index in [0.29, 0.717) is 11.4 Å². The normalized spacial score (nSPS) is 12.5. The summed E-state index contributed by atoms with van der Waals surface area (Å²) in [5.74, 6) is 4.93. The molecule has 0 amide bonds. The van der Waals surface area contributed by atoms with E-state index in [9.17, 15) is 4.39 Å². The summed E-state index contributed by atoms with van der Waals surface area (Å²) in [6.45, 7) is 3.62. The zero-order valence-electron chi connectivity index (χ0n) is 7.63. The number of hydrogen-bond acceptors (Lipinski definition) is 2. The fourth-order valence-corrected chi connectivity index (χ4v) is 1.38. The second-order valence-corrected chi connectivity index (χ2v) is 3.36. The zero-order chi connectivity index (χ0) is 10.6. The van der Waals surface area contributed by atoms with E-state index in [2.05, 4.69) is 12.0 Å². The molecule has 0 fully saturated rings. The maximum Gasteiger partial charge on any atom is 0.124 e. The summed E-state index contributed by atoms with van der Waals surface area (Å²) in [4.78, 5) is 0. The summed E-state index contributed by atoms with van der Waals surface area (Å²) in [6, 6.07) is 4.25. The van der Waals surface area contributed by atoms with Crippen LogP contribution < -0.4 is 11.3 Å². The maximum absolute atomic E-state index is 12.7. The number of hydrazine groups is 1. The third-order valence-corrected chi connectivity index (χ3v) is 2.31. The highest BCUT2D eigenvalue weighted by molar-refractivity contribution is 6.31. The Balaban J connectivity index is 2.80. The SMILES string of the molecule is C=CC(Cc1ccc(F)cc1Cl)NN. The zero-order valence-corrected chi connectivity index (χ0v) is 8.39. The highest BCUT2D eigenvalue weighted by atomic mass is 35.5. The molecule has 4 heteroatoms. The quantitative estimate of drug-likeness (QED) is 0.457. The van der Waals surface area contributed by atoms with Gasteiger partial charge in [0, 0.05) is 11.1 Å². The van der Waals surface area contributed by atoms with Crippen molar-refractivity contribution in [3.8, 4) is 0 Å². The average molecular weight is 215 g/mol. The van der Waals surface area contributed by atoms with Crippen molar-refractivity contribution in [2.75, 3.05) is 0 Å². The fraction of sp³-hybridized carbons (Fsp3) is 0.200. The van der Waals surface area contributed by atoms with Crippen molar-refractivity contribution in [2.24, 2.45) is 5.84 Å². The Kier molecular flexibility index (Phi) is 4.07. The molecule has 0 heterocycles. The van der Waals surface area contributed by atoms with Crippen LogP contribution in [0, 0.1) is 5.82 Å². The Hall–Kier alpha value is -0.900. The molecule has 2 nitrogen and oxygen atoms in total. The van der Waals surface area contributed by atoms with E-state index in [1.54, 1.807) is 12.1 Å². The predicted molar refractivity (Wildman–Crippen MR) is 56.4 cm³/mol. The van der Waals surface area contributed by atoms with Crippen molar-refractivity contribution < 1.29 is 4.39 Å². The molecule has 1 atom stereocenters. The Morgan fingerprint density at radius 3 is 2.86 bits per heavy atom. The van der Waals surface area contributed by atoms with Gasteiger partial charge in [0.25, 0.3) is 0 Å². The average Bonchev–Trinajstić information content (AvgIpc) is 2.17. The minimum Gasteiger partial charge on any atom is -0.271 e. The van der Waals surface area contributed by atoms with Gasteiger partial charge < -0.3 is 0 Å². The van der Waals surface area contributed by atoms with E-state index in [1.807, 2.05) is 0 Å². The molecule has 0 aliphatic heterocycles. The lowest BCUT2D eigenvalue weighted by Gasteiger charge is -2.11. The summed E-state index contributed by atoms with van der Waals surface area (Å²) >= 11 is 5.84. The number of benzene rings is 1. The Bertz CT molecular complexity index is 328. The smallest absolute Gasteiger partial charge is 0.124 e. The van der Waals surface area contributed by atoms with E-state index in [-0.39, 0.29) is 11.9 Å². The minimum atomic E-state index is -0.338. The second kappa shape index (κ2) is 5.10. The van der Waals surface area contributed by atoms with Crippen molar-refractivity contribution in [2.45, 2.75) is 12.5 Å². The van der Waals surface area contributed by atoms with Gasteiger partial charge in [-0.2, -0.15) is 0 Å². The van der Waals surface area contributed by atoms with Gasteiger partial charge in [-0.25, -0.2) is 4.39 Å². The molecule has 0 bridgehead atoms. The van der Waals surface area contributed by atoms with Crippen LogP contribution in [0.4, 0.5) is 4.39 Å². The molecule has 0 spiro atoms. The largest absolute Gasteiger partial charge is 0.271 e. The van der Waals surface area contributed by atoms with Gasteiger partial charge in [0.2, 0.25) is 0 Å². The van der Waals surface area contributed by atoms with Crippen LogP contribution in [0.2, 0.25) is 5.02 Å². The molecule has 1 aromatic carbocycles. The highest BCUT2D eigenvalue weighted by Gasteiger charge is 2.07. The van der Waals surface area contributed by atoms with Gasteiger partial charge in [-0.1, -0.05) is 23.7 Å². The van der Waals surface area contributed by atoms with Crippen LogP contribution in [0.1, 0.15) is 5.56 Å². The molecule has 0 saturated carbocycles. The summed E-state index contributed by atoms with van der Waals surface area (Å²) in [7, 11) is 0. The van der Waals surface area contributed by atoms with Gasteiger partial charge in [-0.15, -0.1) is 6.58 Å². The molecular formula is C10H12ClFN2. The molecule has 0 aliphatic carbocycles. The lowest BCUT2D eigenvalue weighted by atomic mass is 10.1. The van der Waals surface area contributed by atoms with Crippen LogP contribution in [-0.4, -0.2) is 6.04 Å². The molecule has 1 unspecified atom stereocenters. The summed E-state index contributed by atoms with van der Waals surface area (Å²) < 4.78 is 12.7. The molecule has 0 aliphatic rings. The van der Waals surface area contributed by atoms with Crippen molar-refractivity contribution >= 4 is 11.6 Å². The number of halogens is 2. The van der Waals surface area contributed by atoms with Crippen molar-refractivity contribution in [1.29, 1.82) is 0 Å². The first kappa shape index (κ1) is 11.2. The van der Waals surface area contributed by atoms with E-state index in [4.69, 9.17) is 17.4 Å². The van der Waals surface area contributed by atoms with Crippen LogP contribution in [-0.2, 0) is 6.42 Å². The minimum absolute atomic E-state index is 0.0574. The Labute approximate surface area is 87.5 Å². The first-order valence-corrected chi connectivity index (χ1v) is 4.57. The molecule has 14 heavy (non-hydrogen) atoms. The number of nitrogens with two attached hydrogens (primary N) is 1. The third-order valence-electron chi connectivity index (χ3n) is 1.95. The maximum atomic E-state index is 12.7. The Morgan fingerprint density at radius 1 is 1.64 bits per heavy atom. The molecule has 0 aromatic heterocycles. The van der Waals surface area contributed by atoms with Crippen molar-refractivity contribution in [3.05, 3.63) is 47.3 Å². The lowest BCUT2D eigenvalue weighted by Crippen LogP contribution is -2.35. The van der Waals surface area contributed by atoms with Crippen LogP contribution in [0.3, 0.4) is 0 Å². The summed E-state index contributed by atoms with van der Waals surface area (Å²) in [5, 5.41) is 0.409. The number of nitrogens with one attached hydrogen (secondary N) is 1. The van der Waals surface area contributed by atoms with Crippen molar-refractivity contribution in [1.82, 2.24) is 5.43 Å². The third kappa shape index (κ3) is 2.80. The van der Waals surface area contributed by atoms with Gasteiger partial charge in [-0.3, -0.25) is 11.3 Å². The molecule has 1 aromatic rings. The van der Waals surface area contributed by atoms with Gasteiger partial charge in [0.05, 0.1) is 0 Å². The summed E-state index contributed by atoms with van der Waals surface area (Å²) in [5.41, 5.74) is 3.42. The summed E-state index contributed by atoms with van der Waals surface area (Å²) in [6.07, 6.45) is 2.28. The number of rotatable bonds is 4. The van der Waals surface area contributed by atoms with E-state index in [0.717, 1.165) is 5.56 Å². The lowest BCUT2D eigenvalue weighted by molar-refractivity contribution is 0.611. The molecular weight excluding hydrogens is 203 g/mol. The van der Waals surface area contributed by atoms with Gasteiger partial charge >= 0.3 is 0 Å². The first-order valence-electron chi connectivity index (χ1n) is 4.20. The van der Waals surface area contributed by atoms with Gasteiger partial charge in [0.1, 0.15) is 5.82 Å². The second-order valence-electron chi connectivity index (χ2n) is 2.95. The van der Waals surface area contributed by atoms with Crippen LogP contribution in [0.25, 0.3) is 0 Å². The van der Waals surface area contributed by atoms with Crippen LogP contribution in [0.5, 0.6) is 0 Å². The monoisotopic (exact) mass is 214 g/mol. The van der Waals surface area contributed by atoms with Gasteiger partial charge in [-0.05, 0) is 24.1 Å². The highest BCUT2D eigenvalue weighted by Crippen LogP contribution is 2.18. The molecule has 3 N–H and O–H groups in total. The van der Waals surface area contributed by atoms with Crippen LogP contribution >= 0.6 is 11.6 Å². The first-order chi connectivity index (χ1) is 6.67. The van der Waals surface area contributed by atoms with E-state index >= 15 is 0 Å². The fourth-order valence-electron chi connectivity index (χ4n) is 1.13. The molecule has 76 valence electrons. The van der Waals surface area contributed by atoms with E-state index < -0.39 is 0 Å².